The first-order valence-electron chi connectivity index (χ1n) is 5.53. The number of aromatic nitrogens is 1. The van der Waals surface area contributed by atoms with Crippen molar-refractivity contribution in [1.29, 1.82) is 0 Å². The van der Waals surface area contributed by atoms with Gasteiger partial charge in [-0.2, -0.15) is 0 Å². The Morgan fingerprint density at radius 1 is 1.33 bits per heavy atom. The number of rotatable bonds is 2. The van der Waals surface area contributed by atoms with Crippen LogP contribution in [0.15, 0.2) is 24.0 Å². The molecule has 1 aromatic heterocycles. The summed E-state index contributed by atoms with van der Waals surface area (Å²) in [5, 5.41) is 3.23. The quantitative estimate of drug-likeness (QED) is 0.796. The molecule has 2 heteroatoms. The van der Waals surface area contributed by atoms with E-state index in [-0.39, 0.29) is 0 Å². The lowest BCUT2D eigenvalue weighted by Crippen LogP contribution is -2.22. The van der Waals surface area contributed by atoms with Crippen LogP contribution in [0.2, 0.25) is 0 Å². The van der Waals surface area contributed by atoms with Gasteiger partial charge in [-0.3, -0.25) is 4.98 Å². The van der Waals surface area contributed by atoms with E-state index < -0.39 is 0 Å². The van der Waals surface area contributed by atoms with E-state index in [0.29, 0.717) is 11.8 Å². The van der Waals surface area contributed by atoms with Crippen LogP contribution in [0.25, 0.3) is 6.08 Å². The molecule has 0 saturated carbocycles. The van der Waals surface area contributed by atoms with E-state index in [2.05, 4.69) is 36.3 Å². The van der Waals surface area contributed by atoms with E-state index in [1.54, 1.807) is 0 Å². The second-order valence-corrected chi connectivity index (χ2v) is 4.33. The van der Waals surface area contributed by atoms with Gasteiger partial charge < -0.3 is 5.32 Å². The van der Waals surface area contributed by atoms with Gasteiger partial charge in [-0.25, -0.2) is 0 Å². The fourth-order valence-electron chi connectivity index (χ4n) is 2.29. The lowest BCUT2D eigenvalue weighted by atomic mass is 9.77. The number of hydrogen-bond donors (Lipinski definition) is 1. The minimum atomic E-state index is 0.594. The highest BCUT2D eigenvalue weighted by Crippen LogP contribution is 2.36. The topological polar surface area (TPSA) is 24.9 Å². The smallest absolute Gasteiger partial charge is 0.0343 e. The summed E-state index contributed by atoms with van der Waals surface area (Å²) < 4.78 is 0. The predicted molar refractivity (Wildman–Crippen MR) is 63.7 cm³/mol. The molecule has 0 aromatic carbocycles. The number of nitrogens with one attached hydrogen (secondary N) is 1. The summed E-state index contributed by atoms with van der Waals surface area (Å²) in [6.45, 7) is 5.57. The van der Waals surface area contributed by atoms with Crippen molar-refractivity contribution >= 4 is 6.08 Å². The molecule has 0 aliphatic heterocycles. The number of fused-ring (bicyclic) bond motifs is 1. The second-order valence-electron chi connectivity index (χ2n) is 4.33. The van der Waals surface area contributed by atoms with Crippen LogP contribution in [0.5, 0.6) is 0 Å². The van der Waals surface area contributed by atoms with Gasteiger partial charge >= 0.3 is 0 Å². The van der Waals surface area contributed by atoms with Gasteiger partial charge in [-0.15, -0.1) is 0 Å². The van der Waals surface area contributed by atoms with Crippen molar-refractivity contribution < 1.29 is 0 Å². The van der Waals surface area contributed by atoms with Crippen LogP contribution in [0.4, 0.5) is 0 Å². The van der Waals surface area contributed by atoms with Crippen LogP contribution < -0.4 is 5.32 Å². The lowest BCUT2D eigenvalue weighted by Gasteiger charge is -2.29. The summed E-state index contributed by atoms with van der Waals surface area (Å²) in [5.41, 5.74) is 4.19. The molecule has 1 aliphatic rings. The molecule has 0 radical (unpaired) electrons. The fourth-order valence-corrected chi connectivity index (χ4v) is 2.29. The van der Waals surface area contributed by atoms with Crippen molar-refractivity contribution in [2.45, 2.75) is 19.8 Å². The zero-order valence-corrected chi connectivity index (χ0v) is 9.62. The maximum Gasteiger partial charge on any atom is 0.0343 e. The molecule has 1 aromatic rings. The first-order valence-corrected chi connectivity index (χ1v) is 5.53. The highest BCUT2D eigenvalue weighted by molar-refractivity contribution is 5.61. The third kappa shape index (κ3) is 1.82. The Balaban J connectivity index is 2.42. The molecule has 0 saturated heterocycles. The van der Waals surface area contributed by atoms with Gasteiger partial charge in [0.15, 0.2) is 0 Å². The number of pyridine rings is 1. The van der Waals surface area contributed by atoms with Gasteiger partial charge in [0.25, 0.3) is 0 Å². The lowest BCUT2D eigenvalue weighted by molar-refractivity contribution is 0.537. The molecule has 0 bridgehead atoms. The Hall–Kier alpha value is -1.15. The van der Waals surface area contributed by atoms with Gasteiger partial charge in [0, 0.05) is 18.9 Å². The summed E-state index contributed by atoms with van der Waals surface area (Å²) in [4.78, 5) is 4.19. The molecule has 1 heterocycles. The molecule has 1 aliphatic carbocycles. The van der Waals surface area contributed by atoms with Crippen molar-refractivity contribution in [3.63, 3.8) is 0 Å². The minimum Gasteiger partial charge on any atom is -0.316 e. The molecule has 2 unspecified atom stereocenters. The Labute approximate surface area is 91.4 Å². The third-order valence-corrected chi connectivity index (χ3v) is 3.43. The zero-order valence-electron chi connectivity index (χ0n) is 9.62. The van der Waals surface area contributed by atoms with Crippen LogP contribution in [0, 0.1) is 5.92 Å². The molecule has 1 N–H and O–H groups in total. The van der Waals surface area contributed by atoms with Gasteiger partial charge in [-0.05, 0) is 36.1 Å². The summed E-state index contributed by atoms with van der Waals surface area (Å²) in [6.07, 6.45) is 6.13. The van der Waals surface area contributed by atoms with Gasteiger partial charge in [0.2, 0.25) is 0 Å². The molecule has 80 valence electrons. The standard InChI is InChI=1S/C13H18N2/c1-9-10(2)13-4-5-15-8-12(13)6-11(9)7-14-3/h4-6,8-10,14H,7H2,1-3H3. The fraction of sp³-hybridized carbons (Fsp3) is 0.462. The number of hydrogen-bond acceptors (Lipinski definition) is 2. The summed E-state index contributed by atoms with van der Waals surface area (Å²) in [6, 6.07) is 2.14. The number of nitrogens with zero attached hydrogens (tertiary/aromatic N) is 1. The van der Waals surface area contributed by atoms with Crippen molar-refractivity contribution in [3.05, 3.63) is 35.2 Å². The molecule has 2 atom stereocenters. The Kier molecular flexibility index (Phi) is 2.87. The normalized spacial score (nSPS) is 24.6. The van der Waals surface area contributed by atoms with E-state index in [1.807, 2.05) is 19.4 Å². The zero-order chi connectivity index (χ0) is 10.8. The first-order chi connectivity index (χ1) is 7.24. The molecular formula is C13H18N2. The van der Waals surface area contributed by atoms with E-state index in [1.165, 1.54) is 16.7 Å². The van der Waals surface area contributed by atoms with Gasteiger partial charge in [-0.1, -0.05) is 25.5 Å². The monoisotopic (exact) mass is 202 g/mol. The SMILES string of the molecule is CNCC1=Cc2cnccc2C(C)C1C. The minimum absolute atomic E-state index is 0.594. The van der Waals surface area contributed by atoms with Crippen molar-refractivity contribution in [3.8, 4) is 0 Å². The largest absolute Gasteiger partial charge is 0.316 e. The summed E-state index contributed by atoms with van der Waals surface area (Å²) in [5.74, 6) is 1.21. The van der Waals surface area contributed by atoms with Crippen LogP contribution >= 0.6 is 0 Å². The molecule has 0 fully saturated rings. The second kappa shape index (κ2) is 4.15. The van der Waals surface area contributed by atoms with E-state index in [9.17, 15) is 0 Å². The van der Waals surface area contributed by atoms with E-state index >= 15 is 0 Å². The summed E-state index contributed by atoms with van der Waals surface area (Å²) in [7, 11) is 2.00. The average Bonchev–Trinajstić information content (AvgIpc) is 2.26. The highest BCUT2D eigenvalue weighted by atomic mass is 14.8. The maximum absolute atomic E-state index is 4.19. The molecule has 2 nitrogen and oxygen atoms in total. The van der Waals surface area contributed by atoms with Gasteiger partial charge in [0.05, 0.1) is 0 Å². The highest BCUT2D eigenvalue weighted by Gasteiger charge is 2.24. The van der Waals surface area contributed by atoms with Crippen LogP contribution in [-0.2, 0) is 0 Å². The Morgan fingerprint density at radius 3 is 2.87 bits per heavy atom. The van der Waals surface area contributed by atoms with Crippen molar-refractivity contribution in [1.82, 2.24) is 10.3 Å². The molecule has 15 heavy (non-hydrogen) atoms. The number of likely N-dealkylation sites (N-methyl/N-ethyl adjacent to an activating group) is 1. The van der Waals surface area contributed by atoms with E-state index in [0.717, 1.165) is 6.54 Å². The molecule has 0 spiro atoms. The van der Waals surface area contributed by atoms with Crippen LogP contribution in [0.1, 0.15) is 30.9 Å². The first kappa shape index (κ1) is 10.4. The van der Waals surface area contributed by atoms with Crippen molar-refractivity contribution in [2.24, 2.45) is 5.92 Å². The molecular weight excluding hydrogens is 184 g/mol. The maximum atomic E-state index is 4.19. The average molecular weight is 202 g/mol. The molecule has 2 rings (SSSR count). The molecule has 0 amide bonds. The summed E-state index contributed by atoms with van der Waals surface area (Å²) >= 11 is 0. The van der Waals surface area contributed by atoms with E-state index in [4.69, 9.17) is 0 Å². The van der Waals surface area contributed by atoms with Crippen LogP contribution in [0.3, 0.4) is 0 Å². The Bertz CT molecular complexity index is 382. The predicted octanol–water partition coefficient (Wildman–Crippen LogP) is 2.44. The van der Waals surface area contributed by atoms with Crippen LogP contribution in [-0.4, -0.2) is 18.6 Å². The third-order valence-electron chi connectivity index (χ3n) is 3.43. The van der Waals surface area contributed by atoms with Gasteiger partial charge in [0.1, 0.15) is 0 Å². The van der Waals surface area contributed by atoms with Crippen molar-refractivity contribution in [2.75, 3.05) is 13.6 Å². The Morgan fingerprint density at radius 2 is 2.13 bits per heavy atom.